The first-order valence-corrected chi connectivity index (χ1v) is 12.6. The molecule has 4 nitrogen and oxygen atoms in total. The topological polar surface area (TPSA) is 43.6 Å². The third-order valence-electron chi connectivity index (χ3n) is 6.62. The molecule has 0 saturated carbocycles. The molecule has 0 bridgehead atoms. The standard InChI is InChI=1S/C31H20N2O2S/c34-30-27(36-31-32-24-16-8-9-17-25(24)33(30)31)19-23-28(20-11-3-1-4-12-20)22-15-7-10-18-26(22)35-29(23)21-13-5-2-6-14-21/h1-19,28H. The number of rotatable bonds is 3. The molecule has 5 heteroatoms. The van der Waals surface area contributed by atoms with Crippen LogP contribution in [0.5, 0.6) is 5.75 Å². The lowest BCUT2D eigenvalue weighted by Gasteiger charge is -2.30. The third-order valence-corrected chi connectivity index (χ3v) is 7.58. The second-order valence-electron chi connectivity index (χ2n) is 8.77. The van der Waals surface area contributed by atoms with Gasteiger partial charge in [-0.3, -0.25) is 4.79 Å². The number of thiazole rings is 1. The van der Waals surface area contributed by atoms with E-state index in [0.29, 0.717) is 9.49 Å². The minimum atomic E-state index is -0.0862. The van der Waals surface area contributed by atoms with E-state index in [1.54, 1.807) is 4.40 Å². The molecular weight excluding hydrogens is 464 g/mol. The largest absolute Gasteiger partial charge is 0.456 e. The van der Waals surface area contributed by atoms with Crippen molar-refractivity contribution in [3.8, 4) is 5.75 Å². The Morgan fingerprint density at radius 2 is 1.50 bits per heavy atom. The predicted molar refractivity (Wildman–Crippen MR) is 145 cm³/mol. The van der Waals surface area contributed by atoms with Gasteiger partial charge in [0.2, 0.25) is 0 Å². The van der Waals surface area contributed by atoms with Crippen LogP contribution in [0.15, 0.2) is 120 Å². The van der Waals surface area contributed by atoms with Crippen LogP contribution in [0, 0.1) is 0 Å². The fourth-order valence-corrected chi connectivity index (χ4v) is 5.98. The normalized spacial score (nSPS) is 15.9. The Balaban J connectivity index is 1.55. The van der Waals surface area contributed by atoms with Crippen molar-refractivity contribution >= 4 is 39.2 Å². The molecule has 36 heavy (non-hydrogen) atoms. The number of allylic oxidation sites excluding steroid dienone is 1. The highest BCUT2D eigenvalue weighted by Crippen LogP contribution is 2.46. The molecule has 1 atom stereocenters. The second kappa shape index (κ2) is 8.33. The maximum atomic E-state index is 13.6. The summed E-state index contributed by atoms with van der Waals surface area (Å²) in [5.74, 6) is 1.51. The lowest BCUT2D eigenvalue weighted by Crippen LogP contribution is -2.24. The minimum absolute atomic E-state index is 0.0609. The number of aromatic nitrogens is 2. The smallest absolute Gasteiger partial charge is 0.274 e. The molecule has 6 aromatic rings. The fraction of sp³-hybridized carbons (Fsp3) is 0.0323. The monoisotopic (exact) mass is 484 g/mol. The second-order valence-corrected chi connectivity index (χ2v) is 9.78. The van der Waals surface area contributed by atoms with Crippen molar-refractivity contribution in [1.29, 1.82) is 0 Å². The zero-order valence-electron chi connectivity index (χ0n) is 19.2. The zero-order valence-corrected chi connectivity index (χ0v) is 20.0. The first kappa shape index (κ1) is 20.9. The Kier molecular flexibility index (Phi) is 4.82. The Morgan fingerprint density at radius 3 is 2.33 bits per heavy atom. The van der Waals surface area contributed by atoms with E-state index in [0.717, 1.165) is 44.8 Å². The summed E-state index contributed by atoms with van der Waals surface area (Å²) in [6.07, 6.45) is 2.01. The van der Waals surface area contributed by atoms with Gasteiger partial charge >= 0.3 is 0 Å². The number of fused-ring (bicyclic) bond motifs is 4. The van der Waals surface area contributed by atoms with Crippen molar-refractivity contribution in [3.63, 3.8) is 0 Å². The first-order valence-electron chi connectivity index (χ1n) is 11.8. The van der Waals surface area contributed by atoms with Crippen molar-refractivity contribution in [2.45, 2.75) is 5.92 Å². The Bertz CT molecular complexity index is 1890. The number of ether oxygens (including phenoxy) is 1. The summed E-state index contributed by atoms with van der Waals surface area (Å²) < 4.78 is 8.90. The van der Waals surface area contributed by atoms with Crippen LogP contribution in [0.4, 0.5) is 0 Å². The quantitative estimate of drug-likeness (QED) is 0.307. The van der Waals surface area contributed by atoms with Gasteiger partial charge in [-0.25, -0.2) is 9.38 Å². The van der Waals surface area contributed by atoms with Crippen molar-refractivity contribution in [2.75, 3.05) is 0 Å². The van der Waals surface area contributed by atoms with Gasteiger partial charge in [0.25, 0.3) is 5.56 Å². The number of hydrogen-bond donors (Lipinski definition) is 0. The van der Waals surface area contributed by atoms with Gasteiger partial charge in [0, 0.05) is 22.6 Å². The van der Waals surface area contributed by atoms with Gasteiger partial charge in [0.15, 0.2) is 4.96 Å². The molecule has 0 aliphatic carbocycles. The summed E-state index contributed by atoms with van der Waals surface area (Å²) in [6, 6.07) is 36.4. The van der Waals surface area contributed by atoms with E-state index < -0.39 is 0 Å². The van der Waals surface area contributed by atoms with Crippen molar-refractivity contribution in [2.24, 2.45) is 0 Å². The lowest BCUT2D eigenvalue weighted by atomic mass is 9.81. The van der Waals surface area contributed by atoms with E-state index in [1.165, 1.54) is 11.3 Å². The number of nitrogens with zero attached hydrogens (tertiary/aromatic N) is 2. The van der Waals surface area contributed by atoms with E-state index >= 15 is 0 Å². The predicted octanol–water partition coefficient (Wildman–Crippen LogP) is 6.04. The van der Waals surface area contributed by atoms with Crippen LogP contribution in [-0.4, -0.2) is 9.38 Å². The van der Waals surface area contributed by atoms with Crippen LogP contribution in [-0.2, 0) is 0 Å². The number of para-hydroxylation sites is 3. The average Bonchev–Trinajstić information content (AvgIpc) is 3.45. The van der Waals surface area contributed by atoms with Crippen LogP contribution < -0.4 is 14.8 Å². The maximum Gasteiger partial charge on any atom is 0.274 e. The van der Waals surface area contributed by atoms with Crippen molar-refractivity contribution < 1.29 is 4.74 Å². The van der Waals surface area contributed by atoms with E-state index in [2.05, 4.69) is 30.3 Å². The summed E-state index contributed by atoms with van der Waals surface area (Å²) in [4.78, 5) is 19.0. The summed E-state index contributed by atoms with van der Waals surface area (Å²) >= 11 is 1.41. The summed E-state index contributed by atoms with van der Waals surface area (Å²) in [7, 11) is 0. The maximum absolute atomic E-state index is 13.6. The highest BCUT2D eigenvalue weighted by atomic mass is 32.1. The molecule has 172 valence electrons. The summed E-state index contributed by atoms with van der Waals surface area (Å²) in [6.45, 7) is 0. The van der Waals surface area contributed by atoms with Gasteiger partial charge in [0.05, 0.1) is 15.6 Å². The molecular formula is C31H20N2O2S. The van der Waals surface area contributed by atoms with Crippen LogP contribution in [0.3, 0.4) is 0 Å². The minimum Gasteiger partial charge on any atom is -0.456 e. The highest BCUT2D eigenvalue weighted by Gasteiger charge is 2.30. The van der Waals surface area contributed by atoms with Crippen molar-refractivity contribution in [1.82, 2.24) is 9.38 Å². The van der Waals surface area contributed by atoms with Crippen LogP contribution in [0.25, 0.3) is 27.8 Å². The summed E-state index contributed by atoms with van der Waals surface area (Å²) in [5, 5.41) is 0. The van der Waals surface area contributed by atoms with Crippen LogP contribution >= 0.6 is 11.3 Å². The average molecular weight is 485 g/mol. The molecule has 1 unspecified atom stereocenters. The van der Waals surface area contributed by atoms with Gasteiger partial charge in [-0.2, -0.15) is 0 Å². The molecule has 0 fully saturated rings. The fourth-order valence-electron chi connectivity index (χ4n) is 5.00. The molecule has 0 saturated heterocycles. The van der Waals surface area contributed by atoms with Crippen LogP contribution in [0.1, 0.15) is 22.6 Å². The Morgan fingerprint density at radius 1 is 0.806 bits per heavy atom. The molecule has 1 aliphatic heterocycles. The molecule has 3 heterocycles. The molecule has 4 aromatic carbocycles. The molecule has 7 rings (SSSR count). The van der Waals surface area contributed by atoms with E-state index in [1.807, 2.05) is 84.9 Å². The third kappa shape index (κ3) is 3.28. The van der Waals surface area contributed by atoms with E-state index in [4.69, 9.17) is 9.72 Å². The number of benzene rings is 4. The van der Waals surface area contributed by atoms with Crippen LogP contribution in [0.2, 0.25) is 0 Å². The van der Waals surface area contributed by atoms with Gasteiger partial charge in [0.1, 0.15) is 11.5 Å². The molecule has 0 spiro atoms. The molecule has 2 aromatic heterocycles. The number of imidazole rings is 1. The van der Waals surface area contributed by atoms with E-state index in [9.17, 15) is 4.79 Å². The number of hydrogen-bond acceptors (Lipinski definition) is 4. The zero-order chi connectivity index (χ0) is 24.1. The SMILES string of the molecule is O=c1c(=CC2=C(c3ccccc3)Oc3ccccc3C2c2ccccc2)sc2nc3ccccc3n12. The van der Waals surface area contributed by atoms with Gasteiger partial charge < -0.3 is 4.74 Å². The Hall–Kier alpha value is -4.48. The molecule has 1 aliphatic rings. The lowest BCUT2D eigenvalue weighted by molar-refractivity contribution is 0.488. The van der Waals surface area contributed by atoms with Crippen molar-refractivity contribution in [3.05, 3.63) is 146 Å². The van der Waals surface area contributed by atoms with Gasteiger partial charge in [-0.05, 0) is 29.8 Å². The Labute approximate surface area is 211 Å². The van der Waals surface area contributed by atoms with E-state index in [-0.39, 0.29) is 11.5 Å². The highest BCUT2D eigenvalue weighted by molar-refractivity contribution is 7.15. The van der Waals surface area contributed by atoms with Gasteiger partial charge in [-0.1, -0.05) is 102 Å². The summed E-state index contributed by atoms with van der Waals surface area (Å²) in [5.41, 5.74) is 5.75. The first-order chi connectivity index (χ1) is 17.8. The molecule has 0 amide bonds. The molecule has 0 radical (unpaired) electrons. The van der Waals surface area contributed by atoms with Gasteiger partial charge in [-0.15, -0.1) is 0 Å². The molecule has 0 N–H and O–H groups in total.